The molecule has 23 rings (SSSR count). The molecule has 0 bridgehead atoms. The average Bonchev–Trinajstić information content (AvgIpc) is 1.61. The molecule has 5 heterocycles. The van der Waals surface area contributed by atoms with Crippen molar-refractivity contribution >= 4 is 109 Å². The molecule has 18 aromatic carbocycles. The molecule has 0 radical (unpaired) electrons. The Morgan fingerprint density at radius 2 is 0.462 bits per heavy atom. The highest BCUT2D eigenvalue weighted by Crippen LogP contribution is 2.47. The van der Waals surface area contributed by atoms with Crippen LogP contribution < -0.4 is 9.47 Å². The molecule has 23 aromatic rings. The van der Waals surface area contributed by atoms with Crippen LogP contribution in [0.3, 0.4) is 0 Å². The predicted molar refractivity (Wildman–Crippen MR) is 498 cm³/mol. The van der Waals surface area contributed by atoms with Gasteiger partial charge in [-0.25, -0.2) is 0 Å². The largest absolute Gasteiger partial charge is 0.495 e. The number of nitrogens with zero attached hydrogens (tertiary/aromatic N) is 4. The first kappa shape index (κ1) is 70.2. The van der Waals surface area contributed by atoms with Crippen molar-refractivity contribution in [2.75, 3.05) is 14.2 Å². The van der Waals surface area contributed by atoms with Crippen molar-refractivity contribution in [3.63, 3.8) is 0 Å². The third-order valence-corrected chi connectivity index (χ3v) is 24.1. The molecule has 0 saturated carbocycles. The van der Waals surface area contributed by atoms with E-state index in [2.05, 4.69) is 420 Å². The molecule has 0 aliphatic heterocycles. The standard InChI is InChI=1S/C62H42N2O2.C50H36N2O/c1-39-33-51(40-13-4-3-5-14-40)62(65-2)52(34-39)41-23-28-46(29-24-41)63-58-22-11-8-19-50(58)53-36-43(25-30-59(53)63)45-27-32-61-55(38-45)54-37-44(26-31-60(54)66-61)42-15-12-16-47(35-42)64-56-20-9-6-17-48(56)49-18-7-10-21-57(49)64;1-33-28-44(35-14-4-3-5-15-35)50(53-2)45(29-33)36-26-24-34(25-27-36)37-30-38(51-46-20-10-6-16-40(46)41-17-7-11-21-47(41)51)32-39(31-37)52-48-22-12-8-18-42(48)43-19-9-13-23-49(43)52/h3-38H,1-2H3;3-32H,1-2H3. The highest BCUT2D eigenvalue weighted by atomic mass is 16.5. The smallest absolute Gasteiger partial charge is 0.135 e. The van der Waals surface area contributed by atoms with E-state index in [0.29, 0.717) is 0 Å². The van der Waals surface area contributed by atoms with E-state index in [1.807, 2.05) is 12.1 Å². The predicted octanol–water partition coefficient (Wildman–Crippen LogP) is 30.0. The molecule has 7 nitrogen and oxygen atoms in total. The van der Waals surface area contributed by atoms with Gasteiger partial charge in [0, 0.05) is 98.9 Å². The zero-order chi connectivity index (χ0) is 79.3. The van der Waals surface area contributed by atoms with Gasteiger partial charge in [0.25, 0.3) is 0 Å². The topological polar surface area (TPSA) is 51.3 Å². The molecular formula is C112H78N4O3. The molecule has 7 heteroatoms. The average molecular weight is 1530 g/mol. The van der Waals surface area contributed by atoms with Crippen molar-refractivity contribution in [3.8, 4) is 112 Å². The minimum absolute atomic E-state index is 0.880. The molecule has 0 fully saturated rings. The van der Waals surface area contributed by atoms with Crippen LogP contribution in [0.25, 0.3) is 210 Å². The summed E-state index contributed by atoms with van der Waals surface area (Å²) in [6.07, 6.45) is 0. The van der Waals surface area contributed by atoms with Gasteiger partial charge in [0.2, 0.25) is 0 Å². The van der Waals surface area contributed by atoms with Crippen LogP contribution >= 0.6 is 0 Å². The lowest BCUT2D eigenvalue weighted by Crippen LogP contribution is -2.00. The van der Waals surface area contributed by atoms with Crippen LogP contribution in [0.15, 0.2) is 405 Å². The third kappa shape index (κ3) is 12.0. The fraction of sp³-hybridized carbons (Fsp3) is 0.0357. The minimum atomic E-state index is 0.880. The molecule has 119 heavy (non-hydrogen) atoms. The van der Waals surface area contributed by atoms with Gasteiger partial charge in [0.1, 0.15) is 22.7 Å². The van der Waals surface area contributed by atoms with E-state index < -0.39 is 0 Å². The van der Waals surface area contributed by atoms with E-state index in [4.69, 9.17) is 13.9 Å². The second-order valence-corrected chi connectivity index (χ2v) is 31.1. The Kier molecular flexibility index (Phi) is 17.0. The Morgan fingerprint density at radius 3 is 0.857 bits per heavy atom. The van der Waals surface area contributed by atoms with Crippen LogP contribution in [0.2, 0.25) is 0 Å². The molecule has 0 aliphatic carbocycles. The summed E-state index contributed by atoms with van der Waals surface area (Å²) in [5.74, 6) is 1.77. The maximum atomic E-state index is 6.46. The third-order valence-electron chi connectivity index (χ3n) is 24.1. The Hall–Kier alpha value is -15.4. The summed E-state index contributed by atoms with van der Waals surface area (Å²) in [4.78, 5) is 0. The van der Waals surface area contributed by atoms with Gasteiger partial charge >= 0.3 is 0 Å². The number of ether oxygens (including phenoxy) is 2. The first-order chi connectivity index (χ1) is 58.7. The summed E-state index contributed by atoms with van der Waals surface area (Å²) in [5, 5.41) is 12.1. The normalized spacial score (nSPS) is 11.7. The van der Waals surface area contributed by atoms with Crippen molar-refractivity contribution in [1.82, 2.24) is 18.3 Å². The number of methoxy groups -OCH3 is 2. The number of aromatic nitrogens is 4. The van der Waals surface area contributed by atoms with Crippen molar-refractivity contribution in [2.24, 2.45) is 0 Å². The van der Waals surface area contributed by atoms with E-state index in [-0.39, 0.29) is 0 Å². The summed E-state index contributed by atoms with van der Waals surface area (Å²) in [7, 11) is 3.53. The zero-order valence-corrected chi connectivity index (χ0v) is 66.1. The van der Waals surface area contributed by atoms with Gasteiger partial charge in [-0.3, -0.25) is 0 Å². The number of furan rings is 1. The molecule has 0 amide bonds. The highest BCUT2D eigenvalue weighted by Gasteiger charge is 2.23. The fourth-order valence-electron chi connectivity index (χ4n) is 18.7. The number of benzene rings is 18. The van der Waals surface area contributed by atoms with Crippen LogP contribution in [0.1, 0.15) is 11.1 Å². The number of hydrogen-bond donors (Lipinski definition) is 0. The Morgan fingerprint density at radius 1 is 0.185 bits per heavy atom. The fourth-order valence-corrected chi connectivity index (χ4v) is 18.7. The van der Waals surface area contributed by atoms with Gasteiger partial charge < -0.3 is 32.2 Å². The van der Waals surface area contributed by atoms with Crippen LogP contribution in [-0.4, -0.2) is 32.5 Å². The number of hydrogen-bond acceptors (Lipinski definition) is 3. The molecule has 0 unspecified atom stereocenters. The van der Waals surface area contributed by atoms with Gasteiger partial charge in [-0.1, -0.05) is 255 Å². The summed E-state index contributed by atoms with van der Waals surface area (Å²) < 4.78 is 28.3. The first-order valence-electron chi connectivity index (χ1n) is 40.6. The maximum Gasteiger partial charge on any atom is 0.135 e. The van der Waals surface area contributed by atoms with Gasteiger partial charge in [-0.15, -0.1) is 0 Å². The zero-order valence-electron chi connectivity index (χ0n) is 66.1. The number of para-hydroxylation sites is 7. The molecule has 0 aliphatic rings. The summed E-state index contributed by atoms with van der Waals surface area (Å²) >= 11 is 0. The van der Waals surface area contributed by atoms with E-state index >= 15 is 0 Å². The van der Waals surface area contributed by atoms with Crippen molar-refractivity contribution < 1.29 is 13.9 Å². The molecule has 0 saturated heterocycles. The second kappa shape index (κ2) is 28.8. The molecule has 0 N–H and O–H groups in total. The highest BCUT2D eigenvalue weighted by molar-refractivity contribution is 6.14. The number of fused-ring (bicyclic) bond motifs is 15. The van der Waals surface area contributed by atoms with Gasteiger partial charge in [-0.05, 0) is 226 Å². The monoisotopic (exact) mass is 1530 g/mol. The lowest BCUT2D eigenvalue weighted by molar-refractivity contribution is 0.418. The molecule has 0 spiro atoms. The lowest BCUT2D eigenvalue weighted by Gasteiger charge is -2.17. The van der Waals surface area contributed by atoms with Crippen LogP contribution in [0, 0.1) is 13.8 Å². The van der Waals surface area contributed by atoms with E-state index in [1.165, 1.54) is 92.8 Å². The van der Waals surface area contributed by atoms with E-state index in [9.17, 15) is 0 Å². The van der Waals surface area contributed by atoms with Crippen molar-refractivity contribution in [2.45, 2.75) is 13.8 Å². The van der Waals surface area contributed by atoms with Gasteiger partial charge in [0.05, 0.1) is 58.4 Å². The Bertz CT molecular complexity index is 7660. The Labute approximate surface area is 688 Å². The summed E-state index contributed by atoms with van der Waals surface area (Å²) in [6.45, 7) is 4.30. The van der Waals surface area contributed by atoms with Crippen molar-refractivity contribution in [1.29, 1.82) is 0 Å². The lowest BCUT2D eigenvalue weighted by atomic mass is 9.93. The number of rotatable bonds is 13. The summed E-state index contributed by atoms with van der Waals surface area (Å²) in [5.41, 5.74) is 33.9. The summed E-state index contributed by atoms with van der Waals surface area (Å²) in [6, 6.07) is 145. The molecule has 564 valence electrons. The van der Waals surface area contributed by atoms with Crippen LogP contribution in [0.5, 0.6) is 11.5 Å². The van der Waals surface area contributed by atoms with Crippen LogP contribution in [-0.2, 0) is 0 Å². The number of aryl methyl sites for hydroxylation is 2. The first-order valence-corrected chi connectivity index (χ1v) is 40.6. The van der Waals surface area contributed by atoms with E-state index in [0.717, 1.165) is 140 Å². The molecule has 0 atom stereocenters. The van der Waals surface area contributed by atoms with Gasteiger partial charge in [-0.2, -0.15) is 0 Å². The Balaban J connectivity index is 0.000000147. The van der Waals surface area contributed by atoms with Crippen molar-refractivity contribution in [3.05, 3.63) is 412 Å². The van der Waals surface area contributed by atoms with Gasteiger partial charge in [0.15, 0.2) is 0 Å². The second-order valence-electron chi connectivity index (χ2n) is 31.1. The molecular weight excluding hydrogens is 1450 g/mol. The maximum absolute atomic E-state index is 6.46. The SMILES string of the molecule is COc1c(-c2ccccc2)cc(C)cc1-c1ccc(-c2cc(-n3c4ccccc4c4ccccc43)cc(-n3c4ccccc4c4ccccc43)c2)cc1.COc1c(-c2ccccc2)cc(C)cc1-c1ccc(-n2c3ccccc3c3cc(-c4ccc5oc6ccc(-c7cccc(-n8c9ccccc9c9ccccc98)c7)cc6c5c4)ccc32)cc1. The quantitative estimate of drug-likeness (QED) is 0.116. The van der Waals surface area contributed by atoms with E-state index in [1.54, 1.807) is 14.2 Å². The van der Waals surface area contributed by atoms with Crippen LogP contribution in [0.4, 0.5) is 0 Å². The minimum Gasteiger partial charge on any atom is -0.495 e. The molecule has 5 aromatic heterocycles.